The maximum Gasteiger partial charge on any atom is 0.287 e. The maximum absolute atomic E-state index is 12.9. The van der Waals surface area contributed by atoms with Crippen LogP contribution in [0.3, 0.4) is 0 Å². The molecule has 5 heteroatoms. The number of nitrogens with zero attached hydrogens (tertiary/aromatic N) is 1. The van der Waals surface area contributed by atoms with Crippen LogP contribution < -0.4 is 5.32 Å². The molecule has 23 heavy (non-hydrogen) atoms. The monoisotopic (exact) mass is 320 g/mol. The number of hydrogen-bond acceptors (Lipinski definition) is 3. The van der Waals surface area contributed by atoms with Gasteiger partial charge in [0.05, 0.1) is 6.26 Å². The minimum Gasteiger partial charge on any atom is -0.459 e. The van der Waals surface area contributed by atoms with Gasteiger partial charge in [0, 0.05) is 13.1 Å². The summed E-state index contributed by atoms with van der Waals surface area (Å²) in [5, 5.41) is 2.82. The third-order valence-electron chi connectivity index (χ3n) is 4.85. The second kappa shape index (κ2) is 7.66. The van der Waals surface area contributed by atoms with Gasteiger partial charge in [-0.15, -0.1) is 0 Å². The number of carbonyl (C=O) groups excluding carboxylic acids is 2. The van der Waals surface area contributed by atoms with Crippen molar-refractivity contribution in [2.45, 2.75) is 58.5 Å². The summed E-state index contributed by atoms with van der Waals surface area (Å²) in [6.45, 7) is 6.15. The predicted molar refractivity (Wildman–Crippen MR) is 89.0 cm³/mol. The molecule has 1 fully saturated rings. The van der Waals surface area contributed by atoms with E-state index in [9.17, 15) is 9.59 Å². The molecule has 0 aromatic carbocycles. The zero-order chi connectivity index (χ0) is 17.0. The highest BCUT2D eigenvalue weighted by atomic mass is 16.3. The summed E-state index contributed by atoms with van der Waals surface area (Å²) in [6.07, 6.45) is 5.86. The van der Waals surface area contributed by atoms with Gasteiger partial charge >= 0.3 is 0 Å². The molecule has 5 nitrogen and oxygen atoms in total. The van der Waals surface area contributed by atoms with Crippen LogP contribution in [-0.2, 0) is 4.79 Å². The van der Waals surface area contributed by atoms with E-state index in [0.29, 0.717) is 0 Å². The molecule has 1 aromatic heterocycles. The molecule has 0 bridgehead atoms. The average molecular weight is 320 g/mol. The Morgan fingerprint density at radius 3 is 2.43 bits per heavy atom. The van der Waals surface area contributed by atoms with Crippen molar-refractivity contribution in [3.8, 4) is 0 Å². The van der Waals surface area contributed by atoms with Gasteiger partial charge in [-0.05, 0) is 49.7 Å². The number of likely N-dealkylation sites (N-methyl/N-ethyl adjacent to an activating group) is 1. The van der Waals surface area contributed by atoms with E-state index in [1.54, 1.807) is 12.1 Å². The highest BCUT2D eigenvalue weighted by Gasteiger charge is 2.32. The zero-order valence-corrected chi connectivity index (χ0v) is 14.5. The lowest BCUT2D eigenvalue weighted by molar-refractivity contribution is -0.135. The van der Waals surface area contributed by atoms with Crippen molar-refractivity contribution in [2.75, 3.05) is 7.05 Å². The van der Waals surface area contributed by atoms with E-state index in [-0.39, 0.29) is 29.5 Å². The third kappa shape index (κ3) is 4.36. The number of carbonyl (C=O) groups is 2. The molecule has 1 aromatic rings. The molecule has 1 aliphatic rings. The van der Waals surface area contributed by atoms with Crippen LogP contribution in [-0.4, -0.2) is 35.8 Å². The molecule has 2 amide bonds. The lowest BCUT2D eigenvalue weighted by atomic mass is 9.86. The molecule has 2 rings (SSSR count). The Morgan fingerprint density at radius 1 is 1.26 bits per heavy atom. The van der Waals surface area contributed by atoms with Crippen molar-refractivity contribution < 1.29 is 14.0 Å². The van der Waals surface area contributed by atoms with Crippen molar-refractivity contribution in [1.29, 1.82) is 0 Å². The Kier molecular flexibility index (Phi) is 5.85. The minimum atomic E-state index is -0.531. The van der Waals surface area contributed by atoms with Crippen LogP contribution >= 0.6 is 0 Å². The first-order valence-electron chi connectivity index (χ1n) is 8.51. The first kappa shape index (κ1) is 17.6. The van der Waals surface area contributed by atoms with Crippen LogP contribution in [0.15, 0.2) is 22.8 Å². The second-order valence-electron chi connectivity index (χ2n) is 7.04. The van der Waals surface area contributed by atoms with Gasteiger partial charge in [-0.3, -0.25) is 9.59 Å². The molecule has 0 radical (unpaired) electrons. The zero-order valence-electron chi connectivity index (χ0n) is 14.5. The average Bonchev–Trinajstić information content (AvgIpc) is 3.06. The van der Waals surface area contributed by atoms with E-state index in [4.69, 9.17) is 4.42 Å². The number of furan rings is 1. The van der Waals surface area contributed by atoms with Gasteiger partial charge in [0.25, 0.3) is 5.91 Å². The van der Waals surface area contributed by atoms with Crippen LogP contribution in [0, 0.1) is 11.8 Å². The molecular weight excluding hydrogens is 292 g/mol. The lowest BCUT2D eigenvalue weighted by Crippen LogP contribution is -2.53. The Hall–Kier alpha value is -1.78. The number of nitrogens with one attached hydrogen (secondary N) is 1. The highest BCUT2D eigenvalue weighted by molar-refractivity contribution is 5.95. The second-order valence-corrected chi connectivity index (χ2v) is 7.04. The van der Waals surface area contributed by atoms with Crippen molar-refractivity contribution in [3.63, 3.8) is 0 Å². The molecule has 1 saturated carbocycles. The summed E-state index contributed by atoms with van der Waals surface area (Å²) < 4.78 is 5.11. The van der Waals surface area contributed by atoms with E-state index in [1.165, 1.54) is 6.26 Å². The van der Waals surface area contributed by atoms with Crippen molar-refractivity contribution >= 4 is 11.8 Å². The van der Waals surface area contributed by atoms with Crippen LogP contribution in [0.2, 0.25) is 0 Å². The molecule has 0 aliphatic heterocycles. The quantitative estimate of drug-likeness (QED) is 0.907. The molecule has 1 N–H and O–H groups in total. The molecule has 0 spiro atoms. The first-order valence-corrected chi connectivity index (χ1v) is 8.51. The molecule has 128 valence electrons. The SMILES string of the molecule is CC1CCC(N(C)C(=O)C(NC(=O)c2ccco2)C(C)C)CC1. The molecule has 1 heterocycles. The minimum absolute atomic E-state index is 0.0144. The normalized spacial score (nSPS) is 22.7. The third-order valence-corrected chi connectivity index (χ3v) is 4.85. The summed E-state index contributed by atoms with van der Waals surface area (Å²) in [6, 6.07) is 3.01. The van der Waals surface area contributed by atoms with Gasteiger partial charge in [0.2, 0.25) is 5.91 Å². The number of hydrogen-bond donors (Lipinski definition) is 1. The van der Waals surface area contributed by atoms with Gasteiger partial charge in [-0.25, -0.2) is 0 Å². The Labute approximate surface area is 138 Å². The van der Waals surface area contributed by atoms with Crippen LogP contribution in [0.5, 0.6) is 0 Å². The summed E-state index contributed by atoms with van der Waals surface area (Å²) in [5.41, 5.74) is 0. The van der Waals surface area contributed by atoms with Crippen LogP contribution in [0.1, 0.15) is 57.0 Å². The van der Waals surface area contributed by atoms with E-state index in [1.807, 2.05) is 25.8 Å². The number of rotatable bonds is 5. The van der Waals surface area contributed by atoms with E-state index >= 15 is 0 Å². The highest BCUT2D eigenvalue weighted by Crippen LogP contribution is 2.27. The van der Waals surface area contributed by atoms with Gasteiger partial charge in [0.15, 0.2) is 5.76 Å². The van der Waals surface area contributed by atoms with E-state index in [2.05, 4.69) is 12.2 Å². The fraction of sp³-hybridized carbons (Fsp3) is 0.667. The fourth-order valence-electron chi connectivity index (χ4n) is 3.16. The standard InChI is InChI=1S/C18H28N2O3/c1-12(2)16(19-17(21)15-6-5-11-23-15)18(22)20(4)14-9-7-13(3)8-10-14/h5-6,11-14,16H,7-10H2,1-4H3,(H,19,21). The fourth-order valence-corrected chi connectivity index (χ4v) is 3.16. The lowest BCUT2D eigenvalue weighted by Gasteiger charge is -2.36. The molecular formula is C18H28N2O3. The van der Waals surface area contributed by atoms with Crippen LogP contribution in [0.4, 0.5) is 0 Å². The van der Waals surface area contributed by atoms with E-state index < -0.39 is 6.04 Å². The molecule has 0 saturated heterocycles. The largest absolute Gasteiger partial charge is 0.459 e. The Morgan fingerprint density at radius 2 is 1.91 bits per heavy atom. The Balaban J connectivity index is 2.01. The van der Waals surface area contributed by atoms with Crippen molar-refractivity contribution in [3.05, 3.63) is 24.2 Å². The first-order chi connectivity index (χ1) is 10.9. The predicted octanol–water partition coefficient (Wildman–Crippen LogP) is 3.07. The Bertz CT molecular complexity index is 516. The summed E-state index contributed by atoms with van der Waals surface area (Å²) in [4.78, 5) is 26.9. The maximum atomic E-state index is 12.9. The van der Waals surface area contributed by atoms with Gasteiger partial charge in [-0.1, -0.05) is 20.8 Å². The van der Waals surface area contributed by atoms with Crippen molar-refractivity contribution in [1.82, 2.24) is 10.2 Å². The van der Waals surface area contributed by atoms with Gasteiger partial charge in [-0.2, -0.15) is 0 Å². The molecule has 1 unspecified atom stereocenters. The molecule has 1 aliphatic carbocycles. The molecule has 1 atom stereocenters. The van der Waals surface area contributed by atoms with Gasteiger partial charge in [0.1, 0.15) is 6.04 Å². The van der Waals surface area contributed by atoms with Gasteiger partial charge < -0.3 is 14.6 Å². The van der Waals surface area contributed by atoms with Crippen molar-refractivity contribution in [2.24, 2.45) is 11.8 Å². The number of amides is 2. The van der Waals surface area contributed by atoms with Crippen LogP contribution in [0.25, 0.3) is 0 Å². The topological polar surface area (TPSA) is 62.6 Å². The smallest absolute Gasteiger partial charge is 0.287 e. The summed E-state index contributed by atoms with van der Waals surface area (Å²) in [5.74, 6) is 0.644. The summed E-state index contributed by atoms with van der Waals surface area (Å²) in [7, 11) is 1.86. The summed E-state index contributed by atoms with van der Waals surface area (Å²) >= 11 is 0. The van der Waals surface area contributed by atoms with E-state index in [0.717, 1.165) is 31.6 Å².